The monoisotopic (exact) mass is 626 g/mol. The van der Waals surface area contributed by atoms with Crippen LogP contribution in [0.4, 0.5) is 4.79 Å². The molecule has 44 heavy (non-hydrogen) atoms. The van der Waals surface area contributed by atoms with Gasteiger partial charge in [-0.15, -0.1) is 11.3 Å². The molecule has 2 aromatic rings. The summed E-state index contributed by atoms with van der Waals surface area (Å²) in [4.78, 5) is 46.2. The topological polar surface area (TPSA) is 126 Å². The van der Waals surface area contributed by atoms with Gasteiger partial charge in [-0.2, -0.15) is 0 Å². The van der Waals surface area contributed by atoms with Crippen LogP contribution in [-0.2, 0) is 25.7 Å². The Balaban J connectivity index is 1.60. The van der Waals surface area contributed by atoms with Crippen molar-refractivity contribution in [2.75, 3.05) is 0 Å². The molecule has 10 heteroatoms. The number of nitrogens with zero attached hydrogens (tertiary/aromatic N) is 2. The number of rotatable bonds is 4. The third-order valence-corrected chi connectivity index (χ3v) is 10.0. The number of aliphatic hydroxyl groups excluding tert-OH is 2. The van der Waals surface area contributed by atoms with Crippen LogP contribution in [-0.4, -0.2) is 68.3 Å². The Kier molecular flexibility index (Phi) is 11.0. The molecule has 0 saturated carbocycles. The Morgan fingerprint density at radius 3 is 2.52 bits per heavy atom. The molecule has 1 aromatic carbocycles. The number of fused-ring (bicyclic) bond motifs is 1. The van der Waals surface area contributed by atoms with Gasteiger partial charge in [0, 0.05) is 17.7 Å². The second kappa shape index (κ2) is 14.3. The molecule has 1 amide bonds. The van der Waals surface area contributed by atoms with E-state index in [-0.39, 0.29) is 36.8 Å². The summed E-state index contributed by atoms with van der Waals surface area (Å²) >= 11 is 1.52. The Hall–Kier alpha value is -3.08. The third-order valence-electron chi connectivity index (χ3n) is 9.23. The standard InChI is InChI=1S/C34H46N2O7S/c1-20-11-10-14-26-27(36(26)33(41)42-18-24-12-8-7-9-13-24)16-28(21(2)15-25-19-44-23(4)35-25)43-30(38)17-29(37)34(5,6)32(40)22(3)31(20)39/h7-9,12-13,15,19-20,22,26-29,31,37,39H,10-11,14,16-18H2,1-6H3/t20-,22+,26+,27+,28-,29-,31-,36?/m1/s1. The summed E-state index contributed by atoms with van der Waals surface area (Å²) in [6, 6.07) is 9.15. The van der Waals surface area contributed by atoms with E-state index in [1.54, 1.807) is 25.7 Å². The van der Waals surface area contributed by atoms with Crippen LogP contribution in [0.5, 0.6) is 0 Å². The largest absolute Gasteiger partial charge is 0.458 e. The fourth-order valence-electron chi connectivity index (χ4n) is 6.16. The fourth-order valence-corrected chi connectivity index (χ4v) is 6.73. The number of ether oxygens (including phenoxy) is 2. The summed E-state index contributed by atoms with van der Waals surface area (Å²) in [5.74, 6) is -1.84. The first kappa shape index (κ1) is 33.8. The third kappa shape index (κ3) is 8.14. The Bertz CT molecular complexity index is 1340. The van der Waals surface area contributed by atoms with Crippen LogP contribution in [0, 0.1) is 24.2 Å². The number of hydrogen-bond donors (Lipinski definition) is 2. The van der Waals surface area contributed by atoms with Crippen molar-refractivity contribution in [1.82, 2.24) is 9.88 Å². The van der Waals surface area contributed by atoms with E-state index >= 15 is 0 Å². The van der Waals surface area contributed by atoms with Gasteiger partial charge < -0.3 is 19.7 Å². The van der Waals surface area contributed by atoms with E-state index in [2.05, 4.69) is 4.98 Å². The number of hydrogen-bond acceptors (Lipinski definition) is 9. The number of thiazole rings is 1. The number of ketones is 1. The molecule has 2 saturated heterocycles. The number of esters is 1. The zero-order valence-electron chi connectivity index (χ0n) is 26.6. The minimum absolute atomic E-state index is 0.116. The van der Waals surface area contributed by atoms with Crippen molar-refractivity contribution in [3.05, 3.63) is 57.6 Å². The number of aromatic nitrogens is 1. The van der Waals surface area contributed by atoms with Crippen LogP contribution < -0.4 is 0 Å². The maximum Gasteiger partial charge on any atom is 0.410 e. The summed E-state index contributed by atoms with van der Waals surface area (Å²) in [5.41, 5.74) is 1.14. The lowest BCUT2D eigenvalue weighted by atomic mass is 9.73. The maximum absolute atomic E-state index is 13.4. The van der Waals surface area contributed by atoms with Crippen LogP contribution in [0.2, 0.25) is 0 Å². The van der Waals surface area contributed by atoms with Crippen molar-refractivity contribution in [2.24, 2.45) is 17.3 Å². The van der Waals surface area contributed by atoms with Crippen LogP contribution in [0.3, 0.4) is 0 Å². The second-order valence-electron chi connectivity index (χ2n) is 13.0. The van der Waals surface area contributed by atoms with Gasteiger partial charge in [-0.25, -0.2) is 9.78 Å². The van der Waals surface area contributed by atoms with Gasteiger partial charge in [-0.1, -0.05) is 64.4 Å². The number of amides is 1. The number of Topliss-reactive ketones (excluding diaryl/α,β-unsaturated/α-hetero) is 1. The summed E-state index contributed by atoms with van der Waals surface area (Å²) in [6.07, 6.45) is 0.629. The molecule has 1 aromatic heterocycles. The van der Waals surface area contributed by atoms with Crippen LogP contribution in [0.1, 0.15) is 83.0 Å². The smallest absolute Gasteiger partial charge is 0.410 e. The van der Waals surface area contributed by atoms with E-state index in [1.807, 2.05) is 62.6 Å². The molecule has 0 aliphatic carbocycles. The number of aliphatic hydroxyl groups is 2. The molecular formula is C34H46N2O7S. The number of aryl methyl sites for hydroxylation is 1. The summed E-state index contributed by atoms with van der Waals surface area (Å²) in [7, 11) is 0. The minimum Gasteiger partial charge on any atom is -0.458 e. The van der Waals surface area contributed by atoms with Crippen LogP contribution >= 0.6 is 11.3 Å². The molecule has 0 spiro atoms. The second-order valence-corrected chi connectivity index (χ2v) is 14.0. The molecule has 7 atom stereocenters. The Morgan fingerprint density at radius 1 is 1.16 bits per heavy atom. The van der Waals surface area contributed by atoms with Gasteiger partial charge in [-0.3, -0.25) is 14.5 Å². The van der Waals surface area contributed by atoms with Crippen molar-refractivity contribution in [1.29, 1.82) is 0 Å². The number of benzene rings is 1. The summed E-state index contributed by atoms with van der Waals surface area (Å²) in [6.45, 7) is 10.7. The van der Waals surface area contributed by atoms with Crippen molar-refractivity contribution in [3.63, 3.8) is 0 Å². The van der Waals surface area contributed by atoms with E-state index in [4.69, 9.17) is 9.47 Å². The first-order chi connectivity index (χ1) is 20.8. The average Bonchev–Trinajstić information content (AvgIpc) is 3.51. The first-order valence-electron chi connectivity index (χ1n) is 15.5. The highest BCUT2D eigenvalue weighted by Crippen LogP contribution is 2.40. The minimum atomic E-state index is -1.30. The summed E-state index contributed by atoms with van der Waals surface area (Å²) < 4.78 is 11.7. The molecule has 2 fully saturated rings. The predicted molar refractivity (Wildman–Crippen MR) is 169 cm³/mol. The molecule has 2 aliphatic rings. The molecular weight excluding hydrogens is 580 g/mol. The first-order valence-corrected chi connectivity index (χ1v) is 16.4. The normalized spacial score (nSPS) is 30.3. The molecule has 2 aliphatic heterocycles. The molecule has 2 N–H and O–H groups in total. The maximum atomic E-state index is 13.4. The number of carbonyl (C=O) groups excluding carboxylic acids is 3. The number of cyclic esters (lactones) is 1. The molecule has 9 nitrogen and oxygen atoms in total. The zero-order valence-corrected chi connectivity index (χ0v) is 27.4. The van der Waals surface area contributed by atoms with E-state index in [1.165, 1.54) is 11.3 Å². The van der Waals surface area contributed by atoms with Crippen LogP contribution in [0.25, 0.3) is 6.08 Å². The lowest BCUT2D eigenvalue weighted by Gasteiger charge is -2.34. The van der Waals surface area contributed by atoms with Gasteiger partial charge in [0.2, 0.25) is 0 Å². The Morgan fingerprint density at radius 2 is 1.86 bits per heavy atom. The molecule has 0 unspecified atom stereocenters. The predicted octanol–water partition coefficient (Wildman–Crippen LogP) is 5.71. The van der Waals surface area contributed by atoms with Gasteiger partial charge in [0.05, 0.1) is 46.8 Å². The van der Waals surface area contributed by atoms with Crippen molar-refractivity contribution < 1.29 is 34.1 Å². The van der Waals surface area contributed by atoms with Crippen molar-refractivity contribution in [3.8, 4) is 0 Å². The van der Waals surface area contributed by atoms with E-state index in [0.29, 0.717) is 19.3 Å². The lowest BCUT2D eigenvalue weighted by molar-refractivity contribution is -0.154. The average molecular weight is 627 g/mol. The van der Waals surface area contributed by atoms with Gasteiger partial charge >= 0.3 is 12.1 Å². The van der Waals surface area contributed by atoms with Crippen molar-refractivity contribution in [2.45, 2.75) is 111 Å². The molecule has 3 heterocycles. The molecule has 0 bridgehead atoms. The van der Waals surface area contributed by atoms with Gasteiger partial charge in [0.1, 0.15) is 18.5 Å². The van der Waals surface area contributed by atoms with E-state index in [0.717, 1.165) is 28.3 Å². The quantitative estimate of drug-likeness (QED) is 0.327. The van der Waals surface area contributed by atoms with E-state index < -0.39 is 41.7 Å². The Labute approximate surface area is 264 Å². The highest BCUT2D eigenvalue weighted by Gasteiger charge is 2.53. The molecule has 4 rings (SSSR count). The number of carbonyl (C=O) groups is 3. The van der Waals surface area contributed by atoms with E-state index in [9.17, 15) is 24.6 Å². The van der Waals surface area contributed by atoms with Gasteiger partial charge in [0.15, 0.2) is 0 Å². The lowest BCUT2D eigenvalue weighted by Crippen LogP contribution is -2.45. The highest BCUT2D eigenvalue weighted by molar-refractivity contribution is 7.09. The summed E-state index contributed by atoms with van der Waals surface area (Å²) in [5, 5.41) is 24.9. The van der Waals surface area contributed by atoms with Crippen molar-refractivity contribution >= 4 is 35.3 Å². The zero-order chi connectivity index (χ0) is 32.2. The highest BCUT2D eigenvalue weighted by atomic mass is 32.1. The van der Waals surface area contributed by atoms with Gasteiger partial charge in [0.25, 0.3) is 0 Å². The SMILES string of the molecule is CC(=Cc1csc(C)n1)[C@H]1C[C@H]2[C@H](CCC[C@@H](C)[C@@H](O)[C@H](C)C(=O)C(C)(C)[C@H](O)CC(=O)O1)N2C(=O)OCc1ccccc1. The molecule has 240 valence electrons. The molecule has 0 radical (unpaired) electrons. The fraction of sp³-hybridized carbons (Fsp3) is 0.588. The van der Waals surface area contributed by atoms with Gasteiger partial charge in [-0.05, 0) is 49.8 Å². The van der Waals surface area contributed by atoms with Crippen LogP contribution in [0.15, 0.2) is 41.3 Å².